The number of hydrogen-bond donors (Lipinski definition) is 0. The average molecular weight is 461 g/mol. The van der Waals surface area contributed by atoms with Crippen LogP contribution >= 0.6 is 22.9 Å². The minimum Gasteiger partial charge on any atom is -0.348 e. The number of anilines is 1. The lowest BCUT2D eigenvalue weighted by Crippen LogP contribution is -2.39. The predicted octanol–water partition coefficient (Wildman–Crippen LogP) is 5.45. The molecule has 2 aromatic carbocycles. The molecule has 1 aliphatic heterocycles. The number of aryl methyl sites for hydroxylation is 2. The standard InChI is InChI=1S/C23H25ClN2O2S2/c1-16-3-4-17(2)18(13-16)14-20-15-29-23(25-20)26-11-9-22(10-12-26)30(27,28)21-7-5-19(24)6-8-21/h3-8,13,15,22H,9-12,14H2,1-2H3. The zero-order chi connectivity index (χ0) is 21.3. The number of benzene rings is 2. The van der Waals surface area contributed by atoms with Gasteiger partial charge >= 0.3 is 0 Å². The van der Waals surface area contributed by atoms with E-state index in [1.807, 2.05) is 0 Å². The van der Waals surface area contributed by atoms with Crippen LogP contribution in [0.5, 0.6) is 0 Å². The molecule has 0 radical (unpaired) electrons. The third-order valence-electron chi connectivity index (χ3n) is 5.71. The van der Waals surface area contributed by atoms with Crippen LogP contribution in [0.3, 0.4) is 0 Å². The lowest BCUT2D eigenvalue weighted by atomic mass is 10.0. The molecular weight excluding hydrogens is 436 g/mol. The van der Waals surface area contributed by atoms with E-state index < -0.39 is 9.84 Å². The van der Waals surface area contributed by atoms with E-state index in [0.29, 0.717) is 35.8 Å². The molecule has 1 fully saturated rings. The molecule has 158 valence electrons. The van der Waals surface area contributed by atoms with Gasteiger partial charge in [-0.25, -0.2) is 13.4 Å². The lowest BCUT2D eigenvalue weighted by Gasteiger charge is -2.31. The summed E-state index contributed by atoms with van der Waals surface area (Å²) in [5.41, 5.74) is 4.91. The molecule has 3 aromatic rings. The van der Waals surface area contributed by atoms with Gasteiger partial charge in [0.1, 0.15) is 0 Å². The Morgan fingerprint density at radius 3 is 2.50 bits per heavy atom. The fourth-order valence-corrected chi connectivity index (χ4v) is 6.62. The molecule has 0 amide bonds. The third kappa shape index (κ3) is 4.56. The van der Waals surface area contributed by atoms with E-state index in [4.69, 9.17) is 16.6 Å². The second-order valence-electron chi connectivity index (χ2n) is 7.91. The number of halogens is 1. The van der Waals surface area contributed by atoms with Crippen molar-refractivity contribution >= 4 is 37.9 Å². The minimum atomic E-state index is -3.33. The zero-order valence-electron chi connectivity index (χ0n) is 17.1. The fraction of sp³-hybridized carbons (Fsp3) is 0.348. The van der Waals surface area contributed by atoms with E-state index in [1.54, 1.807) is 35.6 Å². The first kappa shape index (κ1) is 21.3. The van der Waals surface area contributed by atoms with Gasteiger partial charge in [-0.15, -0.1) is 11.3 Å². The van der Waals surface area contributed by atoms with Gasteiger partial charge in [0.25, 0.3) is 0 Å². The zero-order valence-corrected chi connectivity index (χ0v) is 19.5. The highest BCUT2D eigenvalue weighted by molar-refractivity contribution is 7.92. The Labute approximate surface area is 187 Å². The third-order valence-corrected chi connectivity index (χ3v) is 9.19. The second kappa shape index (κ2) is 8.69. The molecule has 0 aliphatic carbocycles. The van der Waals surface area contributed by atoms with E-state index in [-0.39, 0.29) is 5.25 Å². The summed E-state index contributed by atoms with van der Waals surface area (Å²) in [6.45, 7) is 5.65. The van der Waals surface area contributed by atoms with E-state index in [9.17, 15) is 8.42 Å². The molecule has 0 unspecified atom stereocenters. The number of aromatic nitrogens is 1. The van der Waals surface area contributed by atoms with Gasteiger partial charge in [-0.2, -0.15) is 0 Å². The Balaban J connectivity index is 1.41. The highest BCUT2D eigenvalue weighted by atomic mass is 35.5. The molecule has 0 saturated carbocycles. The number of piperidine rings is 1. The average Bonchev–Trinajstić information content (AvgIpc) is 3.20. The van der Waals surface area contributed by atoms with Crippen molar-refractivity contribution in [3.05, 3.63) is 75.3 Å². The molecule has 30 heavy (non-hydrogen) atoms. The lowest BCUT2D eigenvalue weighted by molar-refractivity contribution is 0.529. The normalized spacial score (nSPS) is 15.5. The maximum atomic E-state index is 12.9. The SMILES string of the molecule is Cc1ccc(C)c(Cc2csc(N3CCC(S(=O)(=O)c4ccc(Cl)cc4)CC3)n2)c1. The summed E-state index contributed by atoms with van der Waals surface area (Å²) in [4.78, 5) is 7.41. The van der Waals surface area contributed by atoms with Crippen molar-refractivity contribution in [1.82, 2.24) is 4.98 Å². The van der Waals surface area contributed by atoms with Crippen LogP contribution in [0.25, 0.3) is 0 Å². The summed E-state index contributed by atoms with van der Waals surface area (Å²) in [5, 5.41) is 3.29. The second-order valence-corrected chi connectivity index (χ2v) is 11.4. The van der Waals surface area contributed by atoms with Crippen LogP contribution in [-0.4, -0.2) is 31.7 Å². The maximum Gasteiger partial charge on any atom is 0.185 e. The number of rotatable bonds is 5. The summed E-state index contributed by atoms with van der Waals surface area (Å²) < 4.78 is 25.9. The summed E-state index contributed by atoms with van der Waals surface area (Å²) in [5.74, 6) is 0. The molecule has 1 aliphatic rings. The molecule has 7 heteroatoms. The van der Waals surface area contributed by atoms with Crippen LogP contribution in [0.4, 0.5) is 5.13 Å². The fourth-order valence-electron chi connectivity index (χ4n) is 3.88. The molecule has 4 rings (SSSR count). The summed E-state index contributed by atoms with van der Waals surface area (Å²) in [7, 11) is -3.33. The van der Waals surface area contributed by atoms with Crippen molar-refractivity contribution in [3.8, 4) is 0 Å². The van der Waals surface area contributed by atoms with E-state index in [2.05, 4.69) is 42.3 Å². The molecule has 0 bridgehead atoms. The van der Waals surface area contributed by atoms with Gasteiger partial charge in [-0.3, -0.25) is 0 Å². The van der Waals surface area contributed by atoms with Gasteiger partial charge in [0.15, 0.2) is 15.0 Å². The van der Waals surface area contributed by atoms with Crippen molar-refractivity contribution in [2.45, 2.75) is 43.3 Å². The molecule has 0 N–H and O–H groups in total. The molecule has 0 atom stereocenters. The smallest absolute Gasteiger partial charge is 0.185 e. The van der Waals surface area contributed by atoms with Gasteiger partial charge < -0.3 is 4.90 Å². The van der Waals surface area contributed by atoms with Crippen LogP contribution < -0.4 is 4.90 Å². The Morgan fingerprint density at radius 1 is 1.10 bits per heavy atom. The molecule has 4 nitrogen and oxygen atoms in total. The molecule has 1 saturated heterocycles. The van der Waals surface area contributed by atoms with Gasteiger partial charge in [-0.1, -0.05) is 35.4 Å². The topological polar surface area (TPSA) is 50.3 Å². The molecule has 1 aromatic heterocycles. The van der Waals surface area contributed by atoms with Gasteiger partial charge in [0.2, 0.25) is 0 Å². The quantitative estimate of drug-likeness (QED) is 0.508. The first-order valence-electron chi connectivity index (χ1n) is 10.1. The van der Waals surface area contributed by atoms with Crippen LogP contribution in [0, 0.1) is 13.8 Å². The van der Waals surface area contributed by atoms with Gasteiger partial charge in [-0.05, 0) is 62.1 Å². The van der Waals surface area contributed by atoms with E-state index >= 15 is 0 Å². The van der Waals surface area contributed by atoms with Crippen molar-refractivity contribution in [1.29, 1.82) is 0 Å². The van der Waals surface area contributed by atoms with Crippen molar-refractivity contribution in [2.24, 2.45) is 0 Å². The number of thiazole rings is 1. The van der Waals surface area contributed by atoms with E-state index in [1.165, 1.54) is 16.7 Å². The van der Waals surface area contributed by atoms with Crippen LogP contribution in [-0.2, 0) is 16.3 Å². The monoisotopic (exact) mass is 460 g/mol. The van der Waals surface area contributed by atoms with Crippen molar-refractivity contribution in [3.63, 3.8) is 0 Å². The minimum absolute atomic E-state index is 0.357. The first-order valence-corrected chi connectivity index (χ1v) is 12.9. The van der Waals surface area contributed by atoms with Crippen LogP contribution in [0.15, 0.2) is 52.7 Å². The Morgan fingerprint density at radius 2 is 1.80 bits per heavy atom. The van der Waals surface area contributed by atoms with Crippen molar-refractivity contribution in [2.75, 3.05) is 18.0 Å². The predicted molar refractivity (Wildman–Crippen MR) is 125 cm³/mol. The van der Waals surface area contributed by atoms with E-state index in [0.717, 1.165) is 17.2 Å². The maximum absolute atomic E-state index is 12.9. The van der Waals surface area contributed by atoms with Gasteiger partial charge in [0.05, 0.1) is 15.8 Å². The van der Waals surface area contributed by atoms with Gasteiger partial charge in [0, 0.05) is 29.9 Å². The highest BCUT2D eigenvalue weighted by Gasteiger charge is 2.32. The van der Waals surface area contributed by atoms with Crippen molar-refractivity contribution < 1.29 is 8.42 Å². The number of sulfone groups is 1. The highest BCUT2D eigenvalue weighted by Crippen LogP contribution is 2.30. The summed E-state index contributed by atoms with van der Waals surface area (Å²) in [6, 6.07) is 13.0. The van der Waals surface area contributed by atoms with Crippen LogP contribution in [0.2, 0.25) is 5.02 Å². The summed E-state index contributed by atoms with van der Waals surface area (Å²) >= 11 is 7.54. The Kier molecular flexibility index (Phi) is 6.19. The Bertz CT molecular complexity index is 1130. The molecule has 0 spiro atoms. The number of hydrogen-bond acceptors (Lipinski definition) is 5. The number of nitrogens with zero attached hydrogens (tertiary/aromatic N) is 2. The molecular formula is C23H25ClN2O2S2. The summed E-state index contributed by atoms with van der Waals surface area (Å²) in [6.07, 6.45) is 2.04. The van der Waals surface area contributed by atoms with Crippen LogP contribution in [0.1, 0.15) is 35.2 Å². The largest absolute Gasteiger partial charge is 0.348 e. The first-order chi connectivity index (χ1) is 14.3. The molecule has 2 heterocycles. The Hall–Kier alpha value is -1.89.